The zero-order valence-corrected chi connectivity index (χ0v) is 12.2. The van der Waals surface area contributed by atoms with E-state index in [-0.39, 0.29) is 42.1 Å². The van der Waals surface area contributed by atoms with Gasteiger partial charge in [0.25, 0.3) is 0 Å². The molecule has 2 saturated heterocycles. The van der Waals surface area contributed by atoms with Gasteiger partial charge in [-0.25, -0.2) is 4.79 Å². The first-order chi connectivity index (χ1) is 9.92. The van der Waals surface area contributed by atoms with Crippen molar-refractivity contribution in [1.29, 1.82) is 0 Å². The fourth-order valence-electron chi connectivity index (χ4n) is 5.70. The second kappa shape index (κ2) is 3.19. The Hall–Kier alpha value is -1.36. The minimum Gasteiger partial charge on any atom is -0.459 e. The fraction of sp³-hybridized carbons (Fsp3) is 0.750. The lowest BCUT2D eigenvalue weighted by Crippen LogP contribution is -2.57. The summed E-state index contributed by atoms with van der Waals surface area (Å²) in [5, 5.41) is 0. The summed E-state index contributed by atoms with van der Waals surface area (Å²) in [6.45, 7) is 4.46. The van der Waals surface area contributed by atoms with E-state index in [9.17, 15) is 9.59 Å². The van der Waals surface area contributed by atoms with Crippen LogP contribution >= 0.6 is 0 Å². The molecule has 0 bridgehead atoms. The van der Waals surface area contributed by atoms with Crippen molar-refractivity contribution in [3.8, 4) is 0 Å². The van der Waals surface area contributed by atoms with Crippen LogP contribution in [0.3, 0.4) is 0 Å². The number of hydrogen-bond acceptors (Lipinski definition) is 5. The van der Waals surface area contributed by atoms with Gasteiger partial charge in [0.2, 0.25) is 0 Å². The minimum atomic E-state index is -0.521. The van der Waals surface area contributed by atoms with Crippen LogP contribution in [0, 0.1) is 16.7 Å². The number of rotatable bonds is 0. The van der Waals surface area contributed by atoms with Crippen LogP contribution in [-0.4, -0.2) is 36.4 Å². The highest BCUT2D eigenvalue weighted by Gasteiger charge is 2.80. The maximum Gasteiger partial charge on any atom is 0.330 e. The molecule has 0 aromatic carbocycles. The van der Waals surface area contributed by atoms with Crippen LogP contribution in [0.2, 0.25) is 0 Å². The maximum atomic E-state index is 12.5. The Morgan fingerprint density at radius 1 is 1.19 bits per heavy atom. The first kappa shape index (κ1) is 12.2. The molecular formula is C16H18O5. The molecule has 5 nitrogen and oxygen atoms in total. The molecule has 0 radical (unpaired) electrons. The third-order valence-corrected chi connectivity index (χ3v) is 6.60. The standard InChI is InChI=1S/C16H18O5/c1-14-4-3-5-15(2)11(14)10(20-13(15)18)12-16(21-12)7-19-9(17)6-8(14)16/h6,10-12H,3-5,7H2,1-2H3/t10?,11?,12?,14-,15?,16?/m1/s1. The highest BCUT2D eigenvalue weighted by molar-refractivity contribution is 5.86. The number of esters is 2. The Morgan fingerprint density at radius 2 is 1.95 bits per heavy atom. The molecule has 3 heterocycles. The number of carbonyl (C=O) groups excluding carboxylic acids is 2. The van der Waals surface area contributed by atoms with Crippen molar-refractivity contribution in [3.63, 3.8) is 0 Å². The first-order valence-corrected chi connectivity index (χ1v) is 7.70. The summed E-state index contributed by atoms with van der Waals surface area (Å²) in [7, 11) is 0. The Bertz CT molecular complexity index is 624. The van der Waals surface area contributed by atoms with Crippen molar-refractivity contribution in [3.05, 3.63) is 11.6 Å². The van der Waals surface area contributed by atoms with Gasteiger partial charge in [-0.2, -0.15) is 0 Å². The van der Waals surface area contributed by atoms with Crippen LogP contribution in [0.15, 0.2) is 11.6 Å². The van der Waals surface area contributed by atoms with Crippen molar-refractivity contribution >= 4 is 11.9 Å². The molecule has 112 valence electrons. The molecule has 5 heteroatoms. The Balaban J connectivity index is 1.74. The van der Waals surface area contributed by atoms with E-state index in [4.69, 9.17) is 14.2 Å². The van der Waals surface area contributed by atoms with Crippen molar-refractivity contribution in [2.45, 2.75) is 50.9 Å². The third-order valence-electron chi connectivity index (χ3n) is 6.60. The molecule has 2 saturated carbocycles. The van der Waals surface area contributed by atoms with Crippen LogP contribution in [0.25, 0.3) is 0 Å². The van der Waals surface area contributed by atoms with E-state index in [0.717, 1.165) is 24.8 Å². The number of ether oxygens (including phenoxy) is 3. The summed E-state index contributed by atoms with van der Waals surface area (Å²) in [4.78, 5) is 24.2. The van der Waals surface area contributed by atoms with Crippen LogP contribution in [-0.2, 0) is 23.8 Å². The Morgan fingerprint density at radius 3 is 2.76 bits per heavy atom. The van der Waals surface area contributed by atoms with Crippen molar-refractivity contribution in [2.75, 3.05) is 6.61 Å². The molecule has 0 aromatic rings. The minimum absolute atomic E-state index is 0.0967. The summed E-state index contributed by atoms with van der Waals surface area (Å²) < 4.78 is 16.9. The number of carbonyl (C=O) groups is 2. The summed E-state index contributed by atoms with van der Waals surface area (Å²) in [5.74, 6) is -0.285. The van der Waals surface area contributed by atoms with E-state index in [2.05, 4.69) is 6.92 Å². The van der Waals surface area contributed by atoms with E-state index in [0.29, 0.717) is 0 Å². The van der Waals surface area contributed by atoms with E-state index in [1.807, 2.05) is 6.92 Å². The molecule has 0 aromatic heterocycles. The van der Waals surface area contributed by atoms with Gasteiger partial charge < -0.3 is 14.2 Å². The molecule has 5 unspecified atom stereocenters. The van der Waals surface area contributed by atoms with Gasteiger partial charge >= 0.3 is 11.9 Å². The number of cyclic esters (lactones) is 1. The van der Waals surface area contributed by atoms with Gasteiger partial charge in [-0.15, -0.1) is 0 Å². The van der Waals surface area contributed by atoms with Crippen molar-refractivity contribution in [1.82, 2.24) is 0 Å². The highest BCUT2D eigenvalue weighted by Crippen LogP contribution is 2.71. The molecule has 3 aliphatic heterocycles. The summed E-state index contributed by atoms with van der Waals surface area (Å²) >= 11 is 0. The van der Waals surface area contributed by atoms with E-state index in [1.165, 1.54) is 0 Å². The zero-order chi connectivity index (χ0) is 14.6. The molecule has 1 spiro atoms. The molecule has 2 aliphatic carbocycles. The van der Waals surface area contributed by atoms with Gasteiger partial charge in [0.05, 0.1) is 5.41 Å². The predicted octanol–water partition coefficient (Wildman–Crippen LogP) is 1.36. The van der Waals surface area contributed by atoms with Gasteiger partial charge in [0.1, 0.15) is 18.8 Å². The Labute approximate surface area is 122 Å². The molecule has 0 amide bonds. The molecule has 5 rings (SSSR count). The van der Waals surface area contributed by atoms with E-state index >= 15 is 0 Å². The normalized spacial score (nSPS) is 56.5. The third kappa shape index (κ3) is 1.13. The predicted molar refractivity (Wildman–Crippen MR) is 70.1 cm³/mol. The van der Waals surface area contributed by atoms with E-state index in [1.54, 1.807) is 6.08 Å². The van der Waals surface area contributed by atoms with Crippen LogP contribution < -0.4 is 0 Å². The number of epoxide rings is 1. The average Bonchev–Trinajstić information content (AvgIpc) is 3.08. The molecular weight excluding hydrogens is 272 g/mol. The fourth-order valence-corrected chi connectivity index (χ4v) is 5.70. The van der Waals surface area contributed by atoms with Gasteiger partial charge in [0.15, 0.2) is 5.60 Å². The van der Waals surface area contributed by atoms with Crippen molar-refractivity contribution in [2.24, 2.45) is 16.7 Å². The monoisotopic (exact) mass is 290 g/mol. The van der Waals surface area contributed by atoms with Crippen LogP contribution in [0.1, 0.15) is 33.1 Å². The topological polar surface area (TPSA) is 65.1 Å². The van der Waals surface area contributed by atoms with Crippen LogP contribution in [0.4, 0.5) is 0 Å². The molecule has 5 aliphatic rings. The smallest absolute Gasteiger partial charge is 0.330 e. The Kier molecular flexibility index (Phi) is 1.85. The molecule has 6 atom stereocenters. The lowest BCUT2D eigenvalue weighted by molar-refractivity contribution is -0.149. The lowest BCUT2D eigenvalue weighted by Gasteiger charge is -2.52. The van der Waals surface area contributed by atoms with Gasteiger partial charge in [-0.3, -0.25) is 4.79 Å². The number of fused-ring (bicyclic) bond motifs is 2. The summed E-state index contributed by atoms with van der Waals surface area (Å²) in [6.07, 6.45) is 4.09. The van der Waals surface area contributed by atoms with Crippen molar-refractivity contribution < 1.29 is 23.8 Å². The average molecular weight is 290 g/mol. The first-order valence-electron chi connectivity index (χ1n) is 7.70. The second-order valence-corrected chi connectivity index (χ2v) is 7.63. The SMILES string of the molecule is CC12CCC[C@]3(C)C4=CC(=O)OCC45OC5C(OC1=O)C23. The van der Waals surface area contributed by atoms with Gasteiger partial charge in [0, 0.05) is 12.0 Å². The van der Waals surface area contributed by atoms with Gasteiger partial charge in [-0.05, 0) is 30.8 Å². The lowest BCUT2D eigenvalue weighted by atomic mass is 9.48. The molecule has 4 fully saturated rings. The van der Waals surface area contributed by atoms with Gasteiger partial charge in [-0.1, -0.05) is 13.3 Å². The quantitative estimate of drug-likeness (QED) is 0.498. The van der Waals surface area contributed by atoms with E-state index < -0.39 is 11.0 Å². The molecule has 21 heavy (non-hydrogen) atoms. The largest absolute Gasteiger partial charge is 0.459 e. The second-order valence-electron chi connectivity index (χ2n) is 7.63. The van der Waals surface area contributed by atoms with Crippen LogP contribution in [0.5, 0.6) is 0 Å². The summed E-state index contributed by atoms with van der Waals surface area (Å²) in [5.41, 5.74) is -0.136. The number of hydrogen-bond donors (Lipinski definition) is 0. The maximum absolute atomic E-state index is 12.5. The summed E-state index contributed by atoms with van der Waals surface area (Å²) in [6, 6.07) is 0. The molecule has 0 N–H and O–H groups in total. The highest BCUT2D eigenvalue weighted by atomic mass is 16.7. The zero-order valence-electron chi connectivity index (χ0n) is 12.2.